The summed E-state index contributed by atoms with van der Waals surface area (Å²) in [4.78, 5) is 11.4. The van der Waals surface area contributed by atoms with Crippen LogP contribution in [0.1, 0.15) is 36.9 Å². The number of rotatable bonds is 5. The van der Waals surface area contributed by atoms with Gasteiger partial charge < -0.3 is 10.5 Å². The molecule has 1 atom stereocenters. The number of hydrogen-bond donors (Lipinski definition) is 1. The number of esters is 1. The molecule has 0 saturated carbocycles. The third kappa shape index (κ3) is 4.25. The standard InChI is InChI=1S/C13H16N2O2/c1-2-7-17-13(16)8-12(15)11-5-3-10(9-14)4-6-11/h3-6,12H,2,7-8,15H2,1H3. The van der Waals surface area contributed by atoms with Crippen molar-refractivity contribution in [1.29, 1.82) is 5.26 Å². The van der Waals surface area contributed by atoms with E-state index in [9.17, 15) is 4.79 Å². The van der Waals surface area contributed by atoms with Crippen molar-refractivity contribution in [2.75, 3.05) is 6.61 Å². The van der Waals surface area contributed by atoms with E-state index < -0.39 is 0 Å². The van der Waals surface area contributed by atoms with Gasteiger partial charge in [-0.25, -0.2) is 0 Å². The second-order valence-electron chi connectivity index (χ2n) is 3.76. The van der Waals surface area contributed by atoms with Crippen LogP contribution in [0.25, 0.3) is 0 Å². The minimum atomic E-state index is -0.382. The number of benzene rings is 1. The first-order valence-corrected chi connectivity index (χ1v) is 5.58. The molecule has 1 aromatic carbocycles. The molecule has 90 valence electrons. The summed E-state index contributed by atoms with van der Waals surface area (Å²) in [5.74, 6) is -0.288. The zero-order valence-corrected chi connectivity index (χ0v) is 9.85. The largest absolute Gasteiger partial charge is 0.466 e. The Morgan fingerprint density at radius 1 is 1.47 bits per heavy atom. The van der Waals surface area contributed by atoms with Crippen LogP contribution >= 0.6 is 0 Å². The molecule has 0 radical (unpaired) electrons. The Balaban J connectivity index is 2.54. The highest BCUT2D eigenvalue weighted by atomic mass is 16.5. The van der Waals surface area contributed by atoms with Crippen molar-refractivity contribution in [2.24, 2.45) is 5.73 Å². The fraction of sp³-hybridized carbons (Fsp3) is 0.385. The molecule has 4 heteroatoms. The number of nitrogens with two attached hydrogens (primary N) is 1. The summed E-state index contributed by atoms with van der Waals surface area (Å²) < 4.78 is 4.96. The molecule has 4 nitrogen and oxygen atoms in total. The predicted octanol–water partition coefficient (Wildman–Crippen LogP) is 1.90. The molecule has 0 heterocycles. The van der Waals surface area contributed by atoms with Crippen LogP contribution < -0.4 is 5.73 Å². The summed E-state index contributed by atoms with van der Waals surface area (Å²) in [7, 11) is 0. The molecular weight excluding hydrogens is 216 g/mol. The molecule has 0 aliphatic heterocycles. The van der Waals surface area contributed by atoms with Crippen molar-refractivity contribution < 1.29 is 9.53 Å². The van der Waals surface area contributed by atoms with Crippen LogP contribution in [0.4, 0.5) is 0 Å². The number of hydrogen-bond acceptors (Lipinski definition) is 4. The van der Waals surface area contributed by atoms with E-state index in [0.717, 1.165) is 12.0 Å². The van der Waals surface area contributed by atoms with Gasteiger partial charge in [-0.3, -0.25) is 4.79 Å². The average Bonchev–Trinajstić information content (AvgIpc) is 2.36. The lowest BCUT2D eigenvalue weighted by molar-refractivity contribution is -0.144. The fourth-order valence-electron chi connectivity index (χ4n) is 1.38. The molecular formula is C13H16N2O2. The molecule has 0 amide bonds. The molecule has 0 aliphatic rings. The van der Waals surface area contributed by atoms with Gasteiger partial charge in [0.05, 0.1) is 24.7 Å². The second kappa shape index (κ2) is 6.66. The minimum Gasteiger partial charge on any atom is -0.466 e. The van der Waals surface area contributed by atoms with Gasteiger partial charge in [0.1, 0.15) is 0 Å². The summed E-state index contributed by atoms with van der Waals surface area (Å²) in [5, 5.41) is 8.65. The fourth-order valence-corrected chi connectivity index (χ4v) is 1.38. The van der Waals surface area contributed by atoms with Gasteiger partial charge in [0.15, 0.2) is 0 Å². The predicted molar refractivity (Wildman–Crippen MR) is 64.0 cm³/mol. The first-order valence-electron chi connectivity index (χ1n) is 5.58. The van der Waals surface area contributed by atoms with Gasteiger partial charge >= 0.3 is 5.97 Å². The highest BCUT2D eigenvalue weighted by molar-refractivity contribution is 5.70. The zero-order valence-electron chi connectivity index (χ0n) is 9.85. The maximum absolute atomic E-state index is 11.4. The van der Waals surface area contributed by atoms with Crippen molar-refractivity contribution in [3.63, 3.8) is 0 Å². The maximum atomic E-state index is 11.4. The van der Waals surface area contributed by atoms with E-state index in [0.29, 0.717) is 12.2 Å². The molecule has 1 rings (SSSR count). The third-order valence-corrected chi connectivity index (χ3v) is 2.32. The van der Waals surface area contributed by atoms with Gasteiger partial charge in [-0.15, -0.1) is 0 Å². The summed E-state index contributed by atoms with van der Waals surface area (Å²) >= 11 is 0. The van der Waals surface area contributed by atoms with Crippen LogP contribution in [0.15, 0.2) is 24.3 Å². The van der Waals surface area contributed by atoms with E-state index in [4.69, 9.17) is 15.7 Å². The first-order chi connectivity index (χ1) is 8.17. The van der Waals surface area contributed by atoms with Crippen LogP contribution in [0.2, 0.25) is 0 Å². The smallest absolute Gasteiger partial charge is 0.307 e. The van der Waals surface area contributed by atoms with Crippen molar-refractivity contribution >= 4 is 5.97 Å². The van der Waals surface area contributed by atoms with Crippen LogP contribution in [0, 0.1) is 11.3 Å². The van der Waals surface area contributed by atoms with E-state index in [-0.39, 0.29) is 18.4 Å². The van der Waals surface area contributed by atoms with E-state index in [2.05, 4.69) is 0 Å². The molecule has 0 spiro atoms. The number of ether oxygens (including phenoxy) is 1. The van der Waals surface area contributed by atoms with Crippen LogP contribution in [-0.4, -0.2) is 12.6 Å². The third-order valence-electron chi connectivity index (χ3n) is 2.32. The Morgan fingerprint density at radius 2 is 2.12 bits per heavy atom. The van der Waals surface area contributed by atoms with Crippen molar-refractivity contribution in [3.05, 3.63) is 35.4 Å². The van der Waals surface area contributed by atoms with Crippen LogP contribution in [0.3, 0.4) is 0 Å². The molecule has 0 aromatic heterocycles. The normalized spacial score (nSPS) is 11.6. The van der Waals surface area contributed by atoms with Crippen molar-refractivity contribution in [3.8, 4) is 6.07 Å². The maximum Gasteiger partial charge on any atom is 0.307 e. The summed E-state index contributed by atoms with van der Waals surface area (Å²) in [5.41, 5.74) is 7.28. The Hall–Kier alpha value is -1.86. The molecule has 17 heavy (non-hydrogen) atoms. The van der Waals surface area contributed by atoms with Gasteiger partial charge in [-0.2, -0.15) is 5.26 Å². The van der Waals surface area contributed by atoms with E-state index in [1.807, 2.05) is 13.0 Å². The van der Waals surface area contributed by atoms with E-state index in [1.165, 1.54) is 0 Å². The van der Waals surface area contributed by atoms with Crippen molar-refractivity contribution in [1.82, 2.24) is 0 Å². The SMILES string of the molecule is CCCOC(=O)CC(N)c1ccc(C#N)cc1. The van der Waals surface area contributed by atoms with Gasteiger partial charge in [0.2, 0.25) is 0 Å². The Kier molecular flexibility index (Phi) is 5.18. The lowest BCUT2D eigenvalue weighted by Gasteiger charge is -2.11. The van der Waals surface area contributed by atoms with E-state index >= 15 is 0 Å². The molecule has 2 N–H and O–H groups in total. The molecule has 1 aromatic rings. The van der Waals surface area contributed by atoms with Gasteiger partial charge in [0.25, 0.3) is 0 Å². The second-order valence-corrected chi connectivity index (χ2v) is 3.76. The molecule has 0 fully saturated rings. The number of carbonyl (C=O) groups excluding carboxylic acids is 1. The summed E-state index contributed by atoms with van der Waals surface area (Å²) in [6.07, 6.45) is 0.962. The number of carbonyl (C=O) groups is 1. The molecule has 0 bridgehead atoms. The highest BCUT2D eigenvalue weighted by Gasteiger charge is 2.12. The summed E-state index contributed by atoms with van der Waals surface area (Å²) in [6.45, 7) is 2.37. The minimum absolute atomic E-state index is 0.159. The monoisotopic (exact) mass is 232 g/mol. The topological polar surface area (TPSA) is 76.1 Å². The average molecular weight is 232 g/mol. The first kappa shape index (κ1) is 13.2. The zero-order chi connectivity index (χ0) is 12.7. The molecule has 0 aliphatic carbocycles. The Morgan fingerprint density at radius 3 is 2.65 bits per heavy atom. The van der Waals surface area contributed by atoms with Gasteiger partial charge in [-0.05, 0) is 24.1 Å². The Bertz CT molecular complexity index is 406. The highest BCUT2D eigenvalue weighted by Crippen LogP contribution is 2.15. The lowest BCUT2D eigenvalue weighted by Crippen LogP contribution is -2.17. The molecule has 1 unspecified atom stereocenters. The molecule has 0 saturated heterocycles. The van der Waals surface area contributed by atoms with Gasteiger partial charge in [0, 0.05) is 6.04 Å². The number of nitrogens with zero attached hydrogens (tertiary/aromatic N) is 1. The summed E-state index contributed by atoms with van der Waals surface area (Å²) in [6, 6.07) is 8.54. The number of nitriles is 1. The van der Waals surface area contributed by atoms with E-state index in [1.54, 1.807) is 24.3 Å². The quantitative estimate of drug-likeness (QED) is 0.786. The van der Waals surface area contributed by atoms with Crippen LogP contribution in [-0.2, 0) is 9.53 Å². The Labute approximate surface area is 101 Å². The lowest BCUT2D eigenvalue weighted by atomic mass is 10.0. The van der Waals surface area contributed by atoms with Crippen molar-refractivity contribution in [2.45, 2.75) is 25.8 Å². The van der Waals surface area contributed by atoms with Gasteiger partial charge in [-0.1, -0.05) is 19.1 Å². The van der Waals surface area contributed by atoms with Crippen LogP contribution in [0.5, 0.6) is 0 Å².